The van der Waals surface area contributed by atoms with Crippen LogP contribution in [-0.4, -0.2) is 20.9 Å². The van der Waals surface area contributed by atoms with E-state index in [1.165, 1.54) is 6.07 Å². The van der Waals surface area contributed by atoms with Crippen molar-refractivity contribution in [3.8, 4) is 0 Å². The molecule has 0 aliphatic heterocycles. The molecule has 0 aliphatic carbocycles. The van der Waals surface area contributed by atoms with Crippen molar-refractivity contribution in [2.24, 2.45) is 5.73 Å². The molecule has 2 N–H and O–H groups in total. The van der Waals surface area contributed by atoms with Gasteiger partial charge in [-0.2, -0.15) is 4.39 Å². The Morgan fingerprint density at radius 2 is 2.22 bits per heavy atom. The molecule has 1 aromatic carbocycles. The van der Waals surface area contributed by atoms with Crippen molar-refractivity contribution in [1.82, 2.24) is 0 Å². The fourth-order valence-electron chi connectivity index (χ4n) is 1.39. The number of nitro benzene ring substituents is 1. The summed E-state index contributed by atoms with van der Waals surface area (Å²) in [5, 5.41) is 10.4. The number of hydrogen-bond donors (Lipinski definition) is 1. The predicted molar refractivity (Wildman–Crippen MR) is 68.0 cm³/mol. The Balaban J connectivity index is 2.72. The molecule has 0 amide bonds. The summed E-state index contributed by atoms with van der Waals surface area (Å²) in [6.07, 6.45) is 0.723. The Labute approximate surface area is 107 Å². The molecule has 0 spiro atoms. The van der Waals surface area contributed by atoms with Gasteiger partial charge in [0.25, 0.3) is 0 Å². The van der Waals surface area contributed by atoms with E-state index in [-0.39, 0.29) is 11.8 Å². The number of nitro groups is 1. The second kappa shape index (κ2) is 6.55. The van der Waals surface area contributed by atoms with Crippen LogP contribution < -0.4 is 5.73 Å². The van der Waals surface area contributed by atoms with Crippen LogP contribution in [0.1, 0.15) is 18.9 Å². The van der Waals surface area contributed by atoms with Crippen molar-refractivity contribution >= 4 is 16.5 Å². The highest BCUT2D eigenvalue weighted by Crippen LogP contribution is 2.18. The Bertz CT molecular complexity index is 468. The first-order valence-electron chi connectivity index (χ1n) is 5.47. The van der Waals surface area contributed by atoms with Gasteiger partial charge in [-0.05, 0) is 18.1 Å². The fourth-order valence-corrected chi connectivity index (χ4v) is 2.77. The molecular weight excluding hydrogens is 259 g/mol. The van der Waals surface area contributed by atoms with E-state index in [0.29, 0.717) is 11.3 Å². The highest BCUT2D eigenvalue weighted by Gasteiger charge is 2.15. The topological polar surface area (TPSA) is 86.2 Å². The minimum Gasteiger partial charge on any atom is -0.327 e. The predicted octanol–water partition coefficient (Wildman–Crippen LogP) is 1.72. The molecule has 7 heteroatoms. The third kappa shape index (κ3) is 4.15. The van der Waals surface area contributed by atoms with E-state index in [4.69, 9.17) is 5.73 Å². The monoisotopic (exact) mass is 274 g/mol. The highest BCUT2D eigenvalue weighted by molar-refractivity contribution is 7.84. The van der Waals surface area contributed by atoms with Crippen molar-refractivity contribution < 1.29 is 13.5 Å². The number of nitrogens with zero attached hydrogens (tertiary/aromatic N) is 1. The standard InChI is InChI=1S/C11H15FN2O3S/c1-2-9(13)7-18(17)6-8-3-4-11(14(15)16)10(12)5-8/h3-5,9H,2,6-7,13H2,1H3. The molecule has 0 heterocycles. The lowest BCUT2D eigenvalue weighted by molar-refractivity contribution is -0.387. The first-order chi connectivity index (χ1) is 8.43. The fraction of sp³-hybridized carbons (Fsp3) is 0.455. The van der Waals surface area contributed by atoms with Gasteiger partial charge < -0.3 is 5.73 Å². The molecule has 0 saturated heterocycles. The molecule has 0 aromatic heterocycles. The minimum absolute atomic E-state index is 0.145. The molecule has 2 atom stereocenters. The van der Waals surface area contributed by atoms with E-state index in [1.807, 2.05) is 6.92 Å². The molecule has 0 saturated carbocycles. The van der Waals surface area contributed by atoms with Crippen molar-refractivity contribution in [3.05, 3.63) is 39.7 Å². The van der Waals surface area contributed by atoms with Gasteiger partial charge in [0, 0.05) is 34.4 Å². The van der Waals surface area contributed by atoms with Gasteiger partial charge in [0.05, 0.1) is 4.92 Å². The zero-order valence-electron chi connectivity index (χ0n) is 9.97. The average Bonchev–Trinajstić information content (AvgIpc) is 2.28. The quantitative estimate of drug-likeness (QED) is 0.632. The molecule has 0 bridgehead atoms. The third-order valence-corrected chi connectivity index (χ3v) is 3.92. The van der Waals surface area contributed by atoms with Gasteiger partial charge in [-0.25, -0.2) is 0 Å². The van der Waals surface area contributed by atoms with Gasteiger partial charge >= 0.3 is 5.69 Å². The van der Waals surface area contributed by atoms with Gasteiger partial charge in [-0.1, -0.05) is 13.0 Å². The lowest BCUT2D eigenvalue weighted by Gasteiger charge is -2.08. The zero-order valence-corrected chi connectivity index (χ0v) is 10.8. The summed E-state index contributed by atoms with van der Waals surface area (Å²) in [5.41, 5.74) is 5.56. The molecular formula is C11H15FN2O3S. The highest BCUT2D eigenvalue weighted by atomic mass is 32.2. The van der Waals surface area contributed by atoms with Crippen LogP contribution in [0, 0.1) is 15.9 Å². The van der Waals surface area contributed by atoms with Crippen LogP contribution in [0.2, 0.25) is 0 Å². The zero-order chi connectivity index (χ0) is 13.7. The second-order valence-corrected chi connectivity index (χ2v) is 5.46. The van der Waals surface area contributed by atoms with Crippen LogP contribution in [-0.2, 0) is 16.6 Å². The van der Waals surface area contributed by atoms with E-state index in [1.54, 1.807) is 0 Å². The smallest absolute Gasteiger partial charge is 0.304 e. The van der Waals surface area contributed by atoms with Gasteiger partial charge in [0.1, 0.15) is 0 Å². The molecule has 0 fully saturated rings. The Kier molecular flexibility index (Phi) is 5.36. The van der Waals surface area contributed by atoms with E-state index in [0.717, 1.165) is 18.6 Å². The maximum Gasteiger partial charge on any atom is 0.304 e. The Morgan fingerprint density at radius 1 is 1.56 bits per heavy atom. The van der Waals surface area contributed by atoms with E-state index < -0.39 is 27.2 Å². The minimum atomic E-state index is -1.19. The van der Waals surface area contributed by atoms with Crippen LogP contribution in [0.25, 0.3) is 0 Å². The van der Waals surface area contributed by atoms with Crippen LogP contribution in [0.3, 0.4) is 0 Å². The maximum atomic E-state index is 13.3. The van der Waals surface area contributed by atoms with Gasteiger partial charge in [0.2, 0.25) is 5.82 Å². The number of nitrogens with two attached hydrogens (primary N) is 1. The summed E-state index contributed by atoms with van der Waals surface area (Å²) in [6.45, 7) is 1.90. The molecule has 1 rings (SSSR count). The number of rotatable bonds is 6. The van der Waals surface area contributed by atoms with E-state index in [9.17, 15) is 18.7 Å². The SMILES string of the molecule is CCC(N)CS(=O)Cc1ccc([N+](=O)[O-])c(F)c1. The summed E-state index contributed by atoms with van der Waals surface area (Å²) in [6, 6.07) is 3.40. The van der Waals surface area contributed by atoms with Crippen LogP contribution >= 0.6 is 0 Å². The molecule has 100 valence electrons. The number of benzene rings is 1. The first kappa shape index (κ1) is 14.7. The van der Waals surface area contributed by atoms with Gasteiger partial charge in [0.15, 0.2) is 0 Å². The van der Waals surface area contributed by atoms with Crippen molar-refractivity contribution in [3.63, 3.8) is 0 Å². The lowest BCUT2D eigenvalue weighted by Crippen LogP contribution is -2.26. The van der Waals surface area contributed by atoms with Crippen LogP contribution in [0.5, 0.6) is 0 Å². The maximum absolute atomic E-state index is 13.3. The lowest BCUT2D eigenvalue weighted by atomic mass is 10.2. The van der Waals surface area contributed by atoms with Crippen molar-refractivity contribution in [2.45, 2.75) is 25.1 Å². The first-order valence-corrected chi connectivity index (χ1v) is 6.96. The molecule has 5 nitrogen and oxygen atoms in total. The summed E-state index contributed by atoms with van der Waals surface area (Å²) in [7, 11) is -1.19. The van der Waals surface area contributed by atoms with Crippen molar-refractivity contribution in [2.75, 3.05) is 5.75 Å². The normalized spacial score (nSPS) is 14.2. The summed E-state index contributed by atoms with van der Waals surface area (Å²) in [4.78, 5) is 9.64. The summed E-state index contributed by atoms with van der Waals surface area (Å²) >= 11 is 0. The van der Waals surface area contributed by atoms with Crippen molar-refractivity contribution in [1.29, 1.82) is 0 Å². The van der Waals surface area contributed by atoms with Crippen LogP contribution in [0.15, 0.2) is 18.2 Å². The van der Waals surface area contributed by atoms with Gasteiger partial charge in [-0.3, -0.25) is 14.3 Å². The summed E-state index contributed by atoms with van der Waals surface area (Å²) < 4.78 is 25.0. The van der Waals surface area contributed by atoms with Gasteiger partial charge in [-0.15, -0.1) is 0 Å². The molecule has 18 heavy (non-hydrogen) atoms. The largest absolute Gasteiger partial charge is 0.327 e. The molecule has 0 radical (unpaired) electrons. The second-order valence-electron chi connectivity index (χ2n) is 3.96. The van der Waals surface area contributed by atoms with E-state index in [2.05, 4.69) is 0 Å². The molecule has 2 unspecified atom stereocenters. The number of halogens is 1. The Morgan fingerprint density at radius 3 is 2.72 bits per heavy atom. The molecule has 0 aliphatic rings. The van der Waals surface area contributed by atoms with E-state index >= 15 is 0 Å². The number of hydrogen-bond acceptors (Lipinski definition) is 4. The Hall–Kier alpha value is -1.34. The molecule has 1 aromatic rings. The third-order valence-electron chi connectivity index (χ3n) is 2.46. The summed E-state index contributed by atoms with van der Waals surface area (Å²) in [5.74, 6) is -0.410. The van der Waals surface area contributed by atoms with Crippen LogP contribution in [0.4, 0.5) is 10.1 Å². The average molecular weight is 274 g/mol.